The zero-order chi connectivity index (χ0) is 19.6. The van der Waals surface area contributed by atoms with Gasteiger partial charge in [0.1, 0.15) is 13.2 Å². The van der Waals surface area contributed by atoms with Gasteiger partial charge in [-0.15, -0.1) is 0 Å². The van der Waals surface area contributed by atoms with E-state index in [0.717, 1.165) is 16.1 Å². The number of hydrogen-bond donors (Lipinski definition) is 1. The van der Waals surface area contributed by atoms with Gasteiger partial charge in [-0.1, -0.05) is 12.1 Å². The molecule has 0 aliphatic carbocycles. The molecule has 2 aromatic carbocycles. The summed E-state index contributed by atoms with van der Waals surface area (Å²) in [5.74, 6) is 1.07. The van der Waals surface area contributed by atoms with Gasteiger partial charge in [0.2, 0.25) is 10.0 Å². The summed E-state index contributed by atoms with van der Waals surface area (Å²) in [4.78, 5) is 12.6. The second-order valence-corrected chi connectivity index (χ2v) is 8.39. The molecule has 1 atom stereocenters. The van der Waals surface area contributed by atoms with E-state index in [-0.39, 0.29) is 11.9 Å². The normalized spacial score (nSPS) is 14.3. The van der Waals surface area contributed by atoms with Crippen LogP contribution in [-0.4, -0.2) is 40.8 Å². The zero-order valence-corrected chi connectivity index (χ0v) is 16.2. The standard InChI is InChI=1S/C19H22N2O5S/c1-13(14-7-8-17-18(12-14)26-10-9-25-17)20-19(22)15-5-4-6-16(11-15)21(2)27(3,23)24/h4-8,11-13H,9-10H2,1-3H3,(H,20,22). The summed E-state index contributed by atoms with van der Waals surface area (Å²) in [6, 6.07) is 11.8. The molecule has 0 saturated heterocycles. The zero-order valence-electron chi connectivity index (χ0n) is 15.4. The molecule has 1 aliphatic rings. The van der Waals surface area contributed by atoms with Crippen LogP contribution in [0.4, 0.5) is 5.69 Å². The summed E-state index contributed by atoms with van der Waals surface area (Å²) >= 11 is 0. The minimum atomic E-state index is -3.40. The largest absolute Gasteiger partial charge is 0.486 e. The van der Waals surface area contributed by atoms with Crippen LogP contribution in [-0.2, 0) is 10.0 Å². The highest BCUT2D eigenvalue weighted by Gasteiger charge is 2.18. The molecule has 1 N–H and O–H groups in total. The van der Waals surface area contributed by atoms with Crippen LogP contribution in [0.3, 0.4) is 0 Å². The fourth-order valence-corrected chi connectivity index (χ4v) is 3.22. The van der Waals surface area contributed by atoms with E-state index < -0.39 is 10.0 Å². The Hall–Kier alpha value is -2.74. The van der Waals surface area contributed by atoms with Crippen molar-refractivity contribution in [3.63, 3.8) is 0 Å². The Bertz CT molecular complexity index is 958. The van der Waals surface area contributed by atoms with Crippen LogP contribution >= 0.6 is 0 Å². The first-order valence-corrected chi connectivity index (χ1v) is 10.3. The van der Waals surface area contributed by atoms with Crippen molar-refractivity contribution >= 4 is 21.6 Å². The quantitative estimate of drug-likeness (QED) is 0.847. The SMILES string of the molecule is CC(NC(=O)c1cccc(N(C)S(C)(=O)=O)c1)c1ccc2c(c1)OCCO2. The van der Waals surface area contributed by atoms with Crippen molar-refractivity contribution in [3.05, 3.63) is 53.6 Å². The third-order valence-electron chi connectivity index (χ3n) is 4.38. The molecule has 1 amide bonds. The van der Waals surface area contributed by atoms with Crippen LogP contribution in [0.15, 0.2) is 42.5 Å². The molecule has 0 saturated carbocycles. The van der Waals surface area contributed by atoms with Crippen molar-refractivity contribution in [2.45, 2.75) is 13.0 Å². The van der Waals surface area contributed by atoms with E-state index in [1.165, 1.54) is 7.05 Å². The number of rotatable bonds is 5. The molecule has 0 spiro atoms. The van der Waals surface area contributed by atoms with E-state index in [9.17, 15) is 13.2 Å². The van der Waals surface area contributed by atoms with Gasteiger partial charge < -0.3 is 14.8 Å². The van der Waals surface area contributed by atoms with E-state index in [0.29, 0.717) is 36.0 Å². The number of carbonyl (C=O) groups excluding carboxylic acids is 1. The average Bonchev–Trinajstić information content (AvgIpc) is 2.66. The van der Waals surface area contributed by atoms with Crippen LogP contribution in [0.1, 0.15) is 28.9 Å². The average molecular weight is 390 g/mol. The van der Waals surface area contributed by atoms with Gasteiger partial charge in [0, 0.05) is 12.6 Å². The Morgan fingerprint density at radius 2 is 1.81 bits per heavy atom. The van der Waals surface area contributed by atoms with Gasteiger partial charge in [-0.25, -0.2) is 8.42 Å². The minimum Gasteiger partial charge on any atom is -0.486 e. The predicted octanol–water partition coefficient (Wildman–Crippen LogP) is 2.34. The van der Waals surface area contributed by atoms with Crippen molar-refractivity contribution in [1.82, 2.24) is 5.32 Å². The molecule has 3 rings (SSSR count). The van der Waals surface area contributed by atoms with Gasteiger partial charge in [-0.2, -0.15) is 0 Å². The molecule has 144 valence electrons. The number of nitrogens with zero attached hydrogens (tertiary/aromatic N) is 1. The monoisotopic (exact) mass is 390 g/mol. The van der Waals surface area contributed by atoms with Crippen molar-refractivity contribution in [1.29, 1.82) is 0 Å². The maximum atomic E-state index is 12.6. The number of amides is 1. The topological polar surface area (TPSA) is 84.9 Å². The number of benzene rings is 2. The van der Waals surface area contributed by atoms with Gasteiger partial charge in [-0.3, -0.25) is 9.10 Å². The van der Waals surface area contributed by atoms with Crippen LogP contribution in [0.5, 0.6) is 11.5 Å². The maximum Gasteiger partial charge on any atom is 0.251 e. The van der Waals surface area contributed by atoms with Crippen LogP contribution in [0.2, 0.25) is 0 Å². The Balaban J connectivity index is 1.75. The summed E-state index contributed by atoms with van der Waals surface area (Å²) in [6.45, 7) is 2.89. The Morgan fingerprint density at radius 1 is 1.11 bits per heavy atom. The molecule has 0 radical (unpaired) electrons. The Labute approximate surface area is 158 Å². The second kappa shape index (κ2) is 7.48. The lowest BCUT2D eigenvalue weighted by atomic mass is 10.1. The van der Waals surface area contributed by atoms with Crippen LogP contribution in [0.25, 0.3) is 0 Å². The number of anilines is 1. The highest BCUT2D eigenvalue weighted by molar-refractivity contribution is 7.92. The summed E-state index contributed by atoms with van der Waals surface area (Å²) in [7, 11) is -1.95. The summed E-state index contributed by atoms with van der Waals surface area (Å²) in [5, 5.41) is 2.92. The maximum absolute atomic E-state index is 12.6. The van der Waals surface area contributed by atoms with E-state index in [1.807, 2.05) is 25.1 Å². The number of fused-ring (bicyclic) bond motifs is 1. The second-order valence-electron chi connectivity index (χ2n) is 6.38. The third kappa shape index (κ3) is 4.33. The number of carbonyl (C=O) groups is 1. The highest BCUT2D eigenvalue weighted by Crippen LogP contribution is 2.32. The van der Waals surface area contributed by atoms with Gasteiger partial charge in [0.25, 0.3) is 5.91 Å². The molecule has 27 heavy (non-hydrogen) atoms. The van der Waals surface area contributed by atoms with Crippen molar-refractivity contribution < 1.29 is 22.7 Å². The number of sulfonamides is 1. The molecule has 0 fully saturated rings. The lowest BCUT2D eigenvalue weighted by Crippen LogP contribution is -2.28. The molecule has 1 aliphatic heterocycles. The number of nitrogens with one attached hydrogen (secondary N) is 1. The van der Waals surface area contributed by atoms with Crippen molar-refractivity contribution in [2.75, 3.05) is 30.8 Å². The van der Waals surface area contributed by atoms with E-state index in [1.54, 1.807) is 24.3 Å². The highest BCUT2D eigenvalue weighted by atomic mass is 32.2. The predicted molar refractivity (Wildman–Crippen MR) is 103 cm³/mol. The Morgan fingerprint density at radius 3 is 2.52 bits per heavy atom. The van der Waals surface area contributed by atoms with Gasteiger partial charge in [-0.05, 0) is 42.8 Å². The lowest BCUT2D eigenvalue weighted by molar-refractivity contribution is 0.0939. The summed E-state index contributed by atoms with van der Waals surface area (Å²) < 4.78 is 35.6. The molecule has 0 bridgehead atoms. The smallest absolute Gasteiger partial charge is 0.251 e. The molecule has 2 aromatic rings. The molecule has 1 heterocycles. The van der Waals surface area contributed by atoms with E-state index >= 15 is 0 Å². The molecule has 1 unspecified atom stereocenters. The fraction of sp³-hybridized carbons (Fsp3) is 0.316. The Kier molecular flexibility index (Phi) is 5.27. The number of ether oxygens (including phenoxy) is 2. The summed E-state index contributed by atoms with van der Waals surface area (Å²) in [5.41, 5.74) is 1.70. The molecule has 7 nitrogen and oxygen atoms in total. The van der Waals surface area contributed by atoms with E-state index in [2.05, 4.69) is 5.32 Å². The molecule has 8 heteroatoms. The first kappa shape index (κ1) is 19.0. The van der Waals surface area contributed by atoms with Gasteiger partial charge in [0.15, 0.2) is 11.5 Å². The van der Waals surface area contributed by atoms with Gasteiger partial charge in [0.05, 0.1) is 18.0 Å². The fourth-order valence-electron chi connectivity index (χ4n) is 2.73. The lowest BCUT2D eigenvalue weighted by Gasteiger charge is -2.21. The third-order valence-corrected chi connectivity index (χ3v) is 5.59. The van der Waals surface area contributed by atoms with Crippen LogP contribution < -0.4 is 19.1 Å². The van der Waals surface area contributed by atoms with Crippen molar-refractivity contribution in [2.24, 2.45) is 0 Å². The minimum absolute atomic E-state index is 0.260. The summed E-state index contributed by atoms with van der Waals surface area (Å²) in [6.07, 6.45) is 1.11. The first-order valence-electron chi connectivity index (χ1n) is 8.50. The molecule has 0 aromatic heterocycles. The van der Waals surface area contributed by atoms with Crippen molar-refractivity contribution in [3.8, 4) is 11.5 Å². The van der Waals surface area contributed by atoms with E-state index in [4.69, 9.17) is 9.47 Å². The van der Waals surface area contributed by atoms with Crippen LogP contribution in [0, 0.1) is 0 Å². The van der Waals surface area contributed by atoms with Gasteiger partial charge >= 0.3 is 0 Å². The number of hydrogen-bond acceptors (Lipinski definition) is 5. The first-order chi connectivity index (χ1) is 12.8. The molecular formula is C19H22N2O5S. The molecular weight excluding hydrogens is 368 g/mol.